The average molecular weight is 199 g/mol. The first kappa shape index (κ1) is 11.1. The minimum absolute atomic E-state index is 0.149. The Hall–Kier alpha value is -0.940. The second kappa shape index (κ2) is 4.06. The van der Waals surface area contributed by atoms with Crippen LogP contribution in [0.3, 0.4) is 0 Å². The fourth-order valence-electron chi connectivity index (χ4n) is 0.813. The molecule has 5 nitrogen and oxygen atoms in total. The van der Waals surface area contributed by atoms with Crippen LogP contribution >= 0.6 is 0 Å². The molecule has 5 heteroatoms. The van der Waals surface area contributed by atoms with E-state index in [2.05, 4.69) is 10.1 Å². The molecule has 1 rings (SSSR count). The third-order valence-electron chi connectivity index (χ3n) is 1.58. The molecule has 1 aromatic heterocycles. The van der Waals surface area contributed by atoms with E-state index in [0.29, 0.717) is 18.3 Å². The van der Waals surface area contributed by atoms with E-state index in [4.69, 9.17) is 15.0 Å². The smallest absolute Gasteiger partial charge is 0.252 e. The van der Waals surface area contributed by atoms with E-state index < -0.39 is 5.54 Å². The van der Waals surface area contributed by atoms with Crippen molar-refractivity contribution < 1.29 is 9.26 Å². The molecule has 80 valence electrons. The number of hydrogen-bond donors (Lipinski definition) is 1. The number of nitrogens with zero attached hydrogens (tertiary/aromatic N) is 2. The van der Waals surface area contributed by atoms with Crippen LogP contribution in [0.15, 0.2) is 4.52 Å². The quantitative estimate of drug-likeness (QED) is 0.788. The highest BCUT2D eigenvalue weighted by Gasteiger charge is 2.21. The molecule has 0 atom stereocenters. The van der Waals surface area contributed by atoms with Gasteiger partial charge in [0.1, 0.15) is 6.61 Å². The second-order valence-electron chi connectivity index (χ2n) is 4.09. The van der Waals surface area contributed by atoms with Gasteiger partial charge >= 0.3 is 0 Å². The Labute approximate surface area is 83.6 Å². The van der Waals surface area contributed by atoms with Gasteiger partial charge in [0.05, 0.1) is 11.6 Å². The van der Waals surface area contributed by atoms with Gasteiger partial charge in [0.15, 0.2) is 5.82 Å². The molecule has 0 saturated heterocycles. The summed E-state index contributed by atoms with van der Waals surface area (Å²) in [6, 6.07) is 0. The third-order valence-corrected chi connectivity index (χ3v) is 1.58. The molecule has 0 aliphatic carbocycles. The van der Waals surface area contributed by atoms with Crippen LogP contribution in [0.25, 0.3) is 0 Å². The van der Waals surface area contributed by atoms with E-state index in [9.17, 15) is 0 Å². The topological polar surface area (TPSA) is 74.2 Å². The lowest BCUT2D eigenvalue weighted by Crippen LogP contribution is -2.30. The van der Waals surface area contributed by atoms with E-state index in [1.54, 1.807) is 0 Å². The van der Waals surface area contributed by atoms with Gasteiger partial charge in [-0.2, -0.15) is 4.98 Å². The first-order valence-corrected chi connectivity index (χ1v) is 4.63. The maximum Gasteiger partial charge on any atom is 0.252 e. The Morgan fingerprint density at radius 1 is 1.50 bits per heavy atom. The summed E-state index contributed by atoms with van der Waals surface area (Å²) < 4.78 is 10.3. The molecule has 0 aromatic carbocycles. The van der Waals surface area contributed by atoms with Crippen LogP contribution in [-0.4, -0.2) is 16.2 Å². The Kier molecular flexibility index (Phi) is 3.23. The summed E-state index contributed by atoms with van der Waals surface area (Å²) in [5.74, 6) is 0.965. The van der Waals surface area contributed by atoms with Gasteiger partial charge in [-0.25, -0.2) is 0 Å². The van der Waals surface area contributed by atoms with Crippen molar-refractivity contribution in [3.8, 4) is 0 Å². The minimum atomic E-state index is -0.570. The summed E-state index contributed by atoms with van der Waals surface area (Å²) in [6.45, 7) is 7.88. The molecule has 14 heavy (non-hydrogen) atoms. The van der Waals surface area contributed by atoms with Gasteiger partial charge in [0.25, 0.3) is 5.89 Å². The summed E-state index contributed by atoms with van der Waals surface area (Å²) in [7, 11) is 0. The summed E-state index contributed by atoms with van der Waals surface area (Å²) in [5.41, 5.74) is 5.23. The molecule has 0 radical (unpaired) electrons. The van der Waals surface area contributed by atoms with Crippen LogP contribution in [-0.2, 0) is 16.9 Å². The molecule has 0 aliphatic rings. The van der Waals surface area contributed by atoms with Gasteiger partial charge in [0.2, 0.25) is 0 Å². The van der Waals surface area contributed by atoms with Crippen molar-refractivity contribution in [3.63, 3.8) is 0 Å². The van der Waals surface area contributed by atoms with E-state index in [0.717, 1.165) is 0 Å². The fourth-order valence-corrected chi connectivity index (χ4v) is 0.813. The largest absolute Gasteiger partial charge is 0.369 e. The van der Waals surface area contributed by atoms with Gasteiger partial charge < -0.3 is 15.0 Å². The minimum Gasteiger partial charge on any atom is -0.369 e. The van der Waals surface area contributed by atoms with E-state index in [1.807, 2.05) is 27.7 Å². The highest BCUT2D eigenvalue weighted by atomic mass is 16.5. The standard InChI is InChI=1S/C9H17N3O2/c1-6(2)13-5-7-11-8(12-14-7)9(3,4)10/h6H,5,10H2,1-4H3. The van der Waals surface area contributed by atoms with E-state index >= 15 is 0 Å². The molecule has 0 bridgehead atoms. The van der Waals surface area contributed by atoms with Crippen LogP contribution in [0.1, 0.15) is 39.4 Å². The number of aromatic nitrogens is 2. The predicted octanol–water partition coefficient (Wildman–Crippen LogP) is 1.19. The van der Waals surface area contributed by atoms with Crippen LogP contribution < -0.4 is 5.73 Å². The van der Waals surface area contributed by atoms with Gasteiger partial charge in [-0.15, -0.1) is 0 Å². The average Bonchev–Trinajstić information content (AvgIpc) is 2.47. The van der Waals surface area contributed by atoms with Crippen molar-refractivity contribution >= 4 is 0 Å². The molecule has 0 unspecified atom stereocenters. The first-order chi connectivity index (χ1) is 6.39. The molecule has 0 saturated carbocycles. The molecule has 0 spiro atoms. The molecule has 0 aliphatic heterocycles. The zero-order chi connectivity index (χ0) is 10.8. The lowest BCUT2D eigenvalue weighted by molar-refractivity contribution is 0.0485. The second-order valence-corrected chi connectivity index (χ2v) is 4.09. The van der Waals surface area contributed by atoms with Gasteiger partial charge in [-0.3, -0.25) is 0 Å². The van der Waals surface area contributed by atoms with Crippen LogP contribution in [0.4, 0.5) is 0 Å². The lowest BCUT2D eigenvalue weighted by Gasteiger charge is -2.11. The maximum absolute atomic E-state index is 5.80. The molecule has 1 aromatic rings. The molecule has 2 N–H and O–H groups in total. The summed E-state index contributed by atoms with van der Waals surface area (Å²) in [5, 5.41) is 3.77. The van der Waals surface area contributed by atoms with Crippen molar-refractivity contribution in [2.75, 3.05) is 0 Å². The fraction of sp³-hybridized carbons (Fsp3) is 0.778. The Morgan fingerprint density at radius 2 is 2.14 bits per heavy atom. The monoisotopic (exact) mass is 199 g/mol. The van der Waals surface area contributed by atoms with Crippen molar-refractivity contribution in [1.82, 2.24) is 10.1 Å². The molecule has 0 fully saturated rings. The number of hydrogen-bond acceptors (Lipinski definition) is 5. The summed E-state index contributed by atoms with van der Waals surface area (Å²) >= 11 is 0. The lowest BCUT2D eigenvalue weighted by atomic mass is 10.1. The number of ether oxygens (including phenoxy) is 1. The van der Waals surface area contributed by atoms with Crippen LogP contribution in [0, 0.1) is 0 Å². The van der Waals surface area contributed by atoms with Crippen LogP contribution in [0.5, 0.6) is 0 Å². The zero-order valence-corrected chi connectivity index (χ0v) is 9.07. The molecular weight excluding hydrogens is 182 g/mol. The third kappa shape index (κ3) is 3.08. The molecular formula is C9H17N3O2. The normalized spacial score (nSPS) is 12.4. The predicted molar refractivity (Wildman–Crippen MR) is 51.4 cm³/mol. The van der Waals surface area contributed by atoms with E-state index in [1.165, 1.54) is 0 Å². The highest BCUT2D eigenvalue weighted by Crippen LogP contribution is 2.13. The van der Waals surface area contributed by atoms with Gasteiger partial charge in [-0.05, 0) is 27.7 Å². The van der Waals surface area contributed by atoms with Crippen LogP contribution in [0.2, 0.25) is 0 Å². The summed E-state index contributed by atoms with van der Waals surface area (Å²) in [4.78, 5) is 4.13. The molecule has 1 heterocycles. The van der Waals surface area contributed by atoms with E-state index in [-0.39, 0.29) is 6.10 Å². The Balaban J connectivity index is 2.60. The highest BCUT2D eigenvalue weighted by molar-refractivity contribution is 4.98. The Bertz CT molecular complexity index is 288. The van der Waals surface area contributed by atoms with Crippen molar-refractivity contribution in [2.24, 2.45) is 5.73 Å². The first-order valence-electron chi connectivity index (χ1n) is 4.63. The maximum atomic E-state index is 5.80. The SMILES string of the molecule is CC(C)OCc1nc(C(C)(C)N)no1. The van der Waals surface area contributed by atoms with Crippen molar-refractivity contribution in [1.29, 1.82) is 0 Å². The van der Waals surface area contributed by atoms with Gasteiger partial charge in [-0.1, -0.05) is 5.16 Å². The van der Waals surface area contributed by atoms with Gasteiger partial charge in [0, 0.05) is 0 Å². The molecule has 0 amide bonds. The van der Waals surface area contributed by atoms with Crippen molar-refractivity contribution in [2.45, 2.75) is 45.9 Å². The van der Waals surface area contributed by atoms with Crippen molar-refractivity contribution in [3.05, 3.63) is 11.7 Å². The summed E-state index contributed by atoms with van der Waals surface area (Å²) in [6.07, 6.45) is 0.149. The number of nitrogens with two attached hydrogens (primary N) is 1. The zero-order valence-electron chi connectivity index (χ0n) is 9.07. The Morgan fingerprint density at radius 3 is 2.57 bits per heavy atom. The number of rotatable bonds is 4.